The summed E-state index contributed by atoms with van der Waals surface area (Å²) in [5.41, 5.74) is 9.20. The fourth-order valence-corrected chi connectivity index (χ4v) is 1.75. The van der Waals surface area contributed by atoms with Crippen molar-refractivity contribution in [1.82, 2.24) is 0 Å². The lowest BCUT2D eigenvalue weighted by Gasteiger charge is -2.25. The Balaban J connectivity index is 2.82. The highest BCUT2D eigenvalue weighted by atomic mass is 15.1. The normalized spacial score (nSPS) is 12.5. The van der Waals surface area contributed by atoms with Gasteiger partial charge in [-0.3, -0.25) is 0 Å². The van der Waals surface area contributed by atoms with Gasteiger partial charge < -0.3 is 10.6 Å². The van der Waals surface area contributed by atoms with Crippen LogP contribution in [0.3, 0.4) is 0 Å². The Morgan fingerprint density at radius 1 is 1.40 bits per heavy atom. The summed E-state index contributed by atoms with van der Waals surface area (Å²) in [7, 11) is 2.13. The van der Waals surface area contributed by atoms with Crippen molar-refractivity contribution in [2.24, 2.45) is 5.92 Å². The molecule has 0 saturated carbocycles. The molecule has 1 aromatic rings. The molecule has 2 N–H and O–H groups in total. The first kappa shape index (κ1) is 11.9. The van der Waals surface area contributed by atoms with E-state index in [4.69, 9.17) is 5.73 Å². The lowest BCUT2D eigenvalue weighted by Crippen LogP contribution is -2.24. The third-order valence-corrected chi connectivity index (χ3v) is 3.04. The van der Waals surface area contributed by atoms with Crippen molar-refractivity contribution >= 4 is 11.4 Å². The Hall–Kier alpha value is -1.18. The number of anilines is 2. The molecule has 0 aromatic heterocycles. The average Bonchev–Trinajstić information content (AvgIpc) is 2.21. The molecule has 0 aliphatic rings. The van der Waals surface area contributed by atoms with Gasteiger partial charge in [-0.15, -0.1) is 0 Å². The SMILES string of the molecule is CCC(C)CN(C)c1cccc(N)c1C. The Morgan fingerprint density at radius 2 is 2.07 bits per heavy atom. The minimum absolute atomic E-state index is 0.718. The molecular weight excluding hydrogens is 184 g/mol. The van der Waals surface area contributed by atoms with Crippen LogP contribution in [0.1, 0.15) is 25.8 Å². The smallest absolute Gasteiger partial charge is 0.0414 e. The lowest BCUT2D eigenvalue weighted by atomic mass is 10.1. The summed E-state index contributed by atoms with van der Waals surface area (Å²) in [5.74, 6) is 0.718. The number of nitrogen functional groups attached to an aromatic ring is 1. The van der Waals surface area contributed by atoms with Gasteiger partial charge in [0.2, 0.25) is 0 Å². The Morgan fingerprint density at radius 3 is 2.67 bits per heavy atom. The molecular formula is C13H22N2. The van der Waals surface area contributed by atoms with E-state index in [0.717, 1.165) is 18.2 Å². The second kappa shape index (κ2) is 5.06. The second-order valence-corrected chi connectivity index (χ2v) is 4.39. The number of rotatable bonds is 4. The molecule has 0 amide bonds. The zero-order chi connectivity index (χ0) is 11.4. The van der Waals surface area contributed by atoms with E-state index in [2.05, 4.69) is 38.8 Å². The molecule has 84 valence electrons. The van der Waals surface area contributed by atoms with Crippen LogP contribution in [0.5, 0.6) is 0 Å². The lowest BCUT2D eigenvalue weighted by molar-refractivity contribution is 0.559. The molecule has 1 atom stereocenters. The molecule has 2 nitrogen and oxygen atoms in total. The van der Waals surface area contributed by atoms with Crippen LogP contribution in [0.4, 0.5) is 11.4 Å². The van der Waals surface area contributed by atoms with Gasteiger partial charge in [-0.2, -0.15) is 0 Å². The monoisotopic (exact) mass is 206 g/mol. The maximum atomic E-state index is 5.90. The zero-order valence-corrected chi connectivity index (χ0v) is 10.2. The first-order chi connectivity index (χ1) is 7.06. The van der Waals surface area contributed by atoms with Gasteiger partial charge in [0.15, 0.2) is 0 Å². The van der Waals surface area contributed by atoms with Crippen LogP contribution in [0.15, 0.2) is 18.2 Å². The third kappa shape index (κ3) is 2.88. The van der Waals surface area contributed by atoms with Crippen molar-refractivity contribution in [1.29, 1.82) is 0 Å². The van der Waals surface area contributed by atoms with Crippen molar-refractivity contribution in [3.05, 3.63) is 23.8 Å². The van der Waals surface area contributed by atoms with Gasteiger partial charge >= 0.3 is 0 Å². The molecule has 2 heteroatoms. The van der Waals surface area contributed by atoms with E-state index in [-0.39, 0.29) is 0 Å². The molecule has 0 heterocycles. The molecule has 1 unspecified atom stereocenters. The summed E-state index contributed by atoms with van der Waals surface area (Å²) in [6.07, 6.45) is 1.21. The average molecular weight is 206 g/mol. The summed E-state index contributed by atoms with van der Waals surface area (Å²) < 4.78 is 0. The van der Waals surface area contributed by atoms with Crippen molar-refractivity contribution in [3.63, 3.8) is 0 Å². The van der Waals surface area contributed by atoms with E-state index >= 15 is 0 Å². The summed E-state index contributed by atoms with van der Waals surface area (Å²) in [4.78, 5) is 2.29. The van der Waals surface area contributed by atoms with E-state index in [0.29, 0.717) is 0 Å². The van der Waals surface area contributed by atoms with E-state index in [9.17, 15) is 0 Å². The van der Waals surface area contributed by atoms with Crippen LogP contribution in [0.25, 0.3) is 0 Å². The molecule has 0 radical (unpaired) electrons. The van der Waals surface area contributed by atoms with Gasteiger partial charge in [-0.25, -0.2) is 0 Å². The van der Waals surface area contributed by atoms with Crippen LogP contribution in [-0.2, 0) is 0 Å². The molecule has 15 heavy (non-hydrogen) atoms. The van der Waals surface area contributed by atoms with Crippen LogP contribution in [0.2, 0.25) is 0 Å². The van der Waals surface area contributed by atoms with E-state index in [1.807, 2.05) is 12.1 Å². The van der Waals surface area contributed by atoms with Gasteiger partial charge in [0.05, 0.1) is 0 Å². The van der Waals surface area contributed by atoms with Crippen molar-refractivity contribution in [2.75, 3.05) is 24.2 Å². The van der Waals surface area contributed by atoms with Gasteiger partial charge in [-0.1, -0.05) is 26.3 Å². The van der Waals surface area contributed by atoms with Gasteiger partial charge in [0.1, 0.15) is 0 Å². The zero-order valence-electron chi connectivity index (χ0n) is 10.2. The highest BCUT2D eigenvalue weighted by molar-refractivity contribution is 5.63. The molecule has 0 bridgehead atoms. The van der Waals surface area contributed by atoms with Crippen molar-refractivity contribution in [3.8, 4) is 0 Å². The van der Waals surface area contributed by atoms with Crippen molar-refractivity contribution in [2.45, 2.75) is 27.2 Å². The maximum absolute atomic E-state index is 5.90. The first-order valence-corrected chi connectivity index (χ1v) is 5.62. The number of nitrogens with two attached hydrogens (primary N) is 1. The van der Waals surface area contributed by atoms with Crippen LogP contribution in [0, 0.1) is 12.8 Å². The highest BCUT2D eigenvalue weighted by Crippen LogP contribution is 2.24. The van der Waals surface area contributed by atoms with Crippen LogP contribution in [-0.4, -0.2) is 13.6 Å². The third-order valence-electron chi connectivity index (χ3n) is 3.04. The second-order valence-electron chi connectivity index (χ2n) is 4.39. The number of nitrogens with zero attached hydrogens (tertiary/aromatic N) is 1. The Labute approximate surface area is 93.1 Å². The number of benzene rings is 1. The summed E-state index contributed by atoms with van der Waals surface area (Å²) >= 11 is 0. The molecule has 0 spiro atoms. The quantitative estimate of drug-likeness (QED) is 0.767. The molecule has 1 rings (SSSR count). The standard InChI is InChI=1S/C13H22N2/c1-5-10(2)9-15(4)13-8-6-7-12(14)11(13)3/h6-8,10H,5,9,14H2,1-4H3. The number of hydrogen-bond donors (Lipinski definition) is 1. The molecule has 1 aromatic carbocycles. The minimum Gasteiger partial charge on any atom is -0.398 e. The number of hydrogen-bond acceptors (Lipinski definition) is 2. The molecule has 0 saturated heterocycles. The first-order valence-electron chi connectivity index (χ1n) is 5.62. The summed E-state index contributed by atoms with van der Waals surface area (Å²) in [6, 6.07) is 6.11. The Kier molecular flexibility index (Phi) is 4.01. The van der Waals surface area contributed by atoms with Gasteiger partial charge in [0, 0.05) is 25.0 Å². The predicted octanol–water partition coefficient (Wildman–Crippen LogP) is 3.06. The summed E-state index contributed by atoms with van der Waals surface area (Å²) in [6.45, 7) is 7.67. The fraction of sp³-hybridized carbons (Fsp3) is 0.538. The molecule has 0 aliphatic heterocycles. The molecule has 0 aliphatic carbocycles. The van der Waals surface area contributed by atoms with Crippen LogP contribution < -0.4 is 10.6 Å². The summed E-state index contributed by atoms with van der Waals surface area (Å²) in [5, 5.41) is 0. The van der Waals surface area contributed by atoms with E-state index < -0.39 is 0 Å². The largest absolute Gasteiger partial charge is 0.398 e. The van der Waals surface area contributed by atoms with Crippen LogP contribution >= 0.6 is 0 Å². The molecule has 0 fully saturated rings. The topological polar surface area (TPSA) is 29.3 Å². The van der Waals surface area contributed by atoms with Crippen molar-refractivity contribution < 1.29 is 0 Å². The minimum atomic E-state index is 0.718. The fourth-order valence-electron chi connectivity index (χ4n) is 1.75. The van der Waals surface area contributed by atoms with Gasteiger partial charge in [0.25, 0.3) is 0 Å². The van der Waals surface area contributed by atoms with E-state index in [1.54, 1.807) is 0 Å². The van der Waals surface area contributed by atoms with Gasteiger partial charge in [-0.05, 0) is 30.5 Å². The Bertz CT molecular complexity index is 320. The predicted molar refractivity (Wildman–Crippen MR) is 68.3 cm³/mol. The maximum Gasteiger partial charge on any atom is 0.0414 e. The highest BCUT2D eigenvalue weighted by Gasteiger charge is 2.08. The van der Waals surface area contributed by atoms with E-state index in [1.165, 1.54) is 17.7 Å².